The van der Waals surface area contributed by atoms with Crippen molar-refractivity contribution < 1.29 is 9.47 Å². The molecule has 1 fully saturated rings. The molecule has 21 heavy (non-hydrogen) atoms. The van der Waals surface area contributed by atoms with E-state index < -0.39 is 0 Å². The van der Waals surface area contributed by atoms with Gasteiger partial charge >= 0.3 is 0 Å². The Morgan fingerprint density at radius 2 is 1.76 bits per heavy atom. The number of methoxy groups -OCH3 is 2. The molecule has 2 N–H and O–H groups in total. The van der Waals surface area contributed by atoms with Crippen molar-refractivity contribution in [1.29, 1.82) is 0 Å². The summed E-state index contributed by atoms with van der Waals surface area (Å²) in [5.41, 5.74) is 7.94. The number of piperidine rings is 1. The van der Waals surface area contributed by atoms with Crippen molar-refractivity contribution in [2.75, 3.05) is 51.5 Å². The van der Waals surface area contributed by atoms with E-state index in [1.807, 2.05) is 12.1 Å². The molecule has 1 aromatic rings. The Hall–Kier alpha value is -1.62. The van der Waals surface area contributed by atoms with Crippen LogP contribution in [0.5, 0.6) is 11.5 Å². The SMILES string of the molecule is CCN1CCC(N(C)c2cc(OC)c(OC)cc2N)CC1. The Labute approximate surface area is 127 Å². The first-order valence-corrected chi connectivity index (χ1v) is 7.57. The second kappa shape index (κ2) is 6.89. The Balaban J connectivity index is 2.17. The Bertz CT molecular complexity index is 471. The van der Waals surface area contributed by atoms with Gasteiger partial charge in [-0.25, -0.2) is 0 Å². The standard InChI is InChI=1S/C16H27N3O2/c1-5-19-8-6-12(7-9-19)18(2)14-11-16(21-4)15(20-3)10-13(14)17/h10-12H,5-9,17H2,1-4H3. The Morgan fingerprint density at radius 1 is 1.19 bits per heavy atom. The lowest BCUT2D eigenvalue weighted by Gasteiger charge is -2.38. The fraction of sp³-hybridized carbons (Fsp3) is 0.625. The van der Waals surface area contributed by atoms with E-state index in [1.54, 1.807) is 14.2 Å². The zero-order valence-electron chi connectivity index (χ0n) is 13.6. The first-order valence-electron chi connectivity index (χ1n) is 7.57. The summed E-state index contributed by atoms with van der Waals surface area (Å²) in [5, 5.41) is 0. The summed E-state index contributed by atoms with van der Waals surface area (Å²) in [5.74, 6) is 1.40. The minimum absolute atomic E-state index is 0.521. The number of nitrogens with zero attached hydrogens (tertiary/aromatic N) is 2. The lowest BCUT2D eigenvalue weighted by molar-refractivity contribution is 0.221. The number of ether oxygens (including phenoxy) is 2. The molecule has 5 heteroatoms. The molecule has 0 aromatic heterocycles. The van der Waals surface area contributed by atoms with Crippen molar-refractivity contribution in [2.45, 2.75) is 25.8 Å². The number of hydrogen-bond donors (Lipinski definition) is 1. The van der Waals surface area contributed by atoms with Crippen molar-refractivity contribution in [3.63, 3.8) is 0 Å². The highest BCUT2D eigenvalue weighted by Gasteiger charge is 2.23. The first-order chi connectivity index (χ1) is 10.1. The summed E-state index contributed by atoms with van der Waals surface area (Å²) >= 11 is 0. The normalized spacial score (nSPS) is 16.8. The summed E-state index contributed by atoms with van der Waals surface area (Å²) < 4.78 is 10.7. The van der Waals surface area contributed by atoms with Crippen molar-refractivity contribution in [1.82, 2.24) is 4.90 Å². The maximum atomic E-state index is 6.19. The van der Waals surface area contributed by atoms with E-state index in [0.717, 1.165) is 49.6 Å². The van der Waals surface area contributed by atoms with Gasteiger partial charge in [0.2, 0.25) is 0 Å². The van der Waals surface area contributed by atoms with E-state index in [2.05, 4.69) is 23.8 Å². The van der Waals surface area contributed by atoms with Crippen LogP contribution in [0.1, 0.15) is 19.8 Å². The lowest BCUT2D eigenvalue weighted by atomic mass is 10.0. The molecule has 1 aromatic carbocycles. The van der Waals surface area contributed by atoms with Crippen LogP contribution in [0, 0.1) is 0 Å². The molecular weight excluding hydrogens is 266 g/mol. The molecule has 1 heterocycles. The fourth-order valence-corrected chi connectivity index (χ4v) is 3.01. The van der Waals surface area contributed by atoms with E-state index >= 15 is 0 Å². The van der Waals surface area contributed by atoms with E-state index in [9.17, 15) is 0 Å². The van der Waals surface area contributed by atoms with Crippen molar-refractivity contribution in [2.24, 2.45) is 0 Å². The highest BCUT2D eigenvalue weighted by atomic mass is 16.5. The predicted molar refractivity (Wildman–Crippen MR) is 87.5 cm³/mol. The van der Waals surface area contributed by atoms with Crippen LogP contribution in [0.4, 0.5) is 11.4 Å². The Morgan fingerprint density at radius 3 is 2.29 bits per heavy atom. The highest BCUT2D eigenvalue weighted by Crippen LogP contribution is 2.37. The van der Waals surface area contributed by atoms with E-state index in [0.29, 0.717) is 11.8 Å². The van der Waals surface area contributed by atoms with Gasteiger partial charge in [-0.15, -0.1) is 0 Å². The first kappa shape index (κ1) is 15.8. The van der Waals surface area contributed by atoms with Crippen LogP contribution in [-0.2, 0) is 0 Å². The molecule has 0 amide bonds. The smallest absolute Gasteiger partial charge is 0.162 e. The highest BCUT2D eigenvalue weighted by molar-refractivity contribution is 5.73. The van der Waals surface area contributed by atoms with Gasteiger partial charge in [0, 0.05) is 38.3 Å². The molecule has 5 nitrogen and oxygen atoms in total. The summed E-state index contributed by atoms with van der Waals surface area (Å²) in [6.07, 6.45) is 2.33. The molecule has 0 spiro atoms. The van der Waals surface area contributed by atoms with Gasteiger partial charge in [0.15, 0.2) is 11.5 Å². The van der Waals surface area contributed by atoms with Crippen LogP contribution in [0.3, 0.4) is 0 Å². The second-order valence-electron chi connectivity index (χ2n) is 5.54. The van der Waals surface area contributed by atoms with Gasteiger partial charge in [-0.1, -0.05) is 6.92 Å². The number of hydrogen-bond acceptors (Lipinski definition) is 5. The lowest BCUT2D eigenvalue weighted by Crippen LogP contribution is -2.43. The van der Waals surface area contributed by atoms with Crippen LogP contribution in [0.15, 0.2) is 12.1 Å². The number of nitrogens with two attached hydrogens (primary N) is 1. The third-order valence-corrected chi connectivity index (χ3v) is 4.46. The number of benzene rings is 1. The monoisotopic (exact) mass is 293 g/mol. The maximum absolute atomic E-state index is 6.19. The molecule has 0 radical (unpaired) electrons. The number of anilines is 2. The number of likely N-dealkylation sites (tertiary alicyclic amines) is 1. The van der Waals surface area contributed by atoms with Crippen LogP contribution < -0.4 is 20.1 Å². The van der Waals surface area contributed by atoms with E-state index in [4.69, 9.17) is 15.2 Å². The summed E-state index contributed by atoms with van der Waals surface area (Å²) in [6, 6.07) is 4.33. The molecule has 118 valence electrons. The van der Waals surface area contributed by atoms with Gasteiger partial charge in [0.1, 0.15) is 0 Å². The minimum Gasteiger partial charge on any atom is -0.493 e. The molecule has 1 saturated heterocycles. The van der Waals surface area contributed by atoms with Gasteiger partial charge in [-0.3, -0.25) is 0 Å². The predicted octanol–water partition coefficient (Wildman–Crippen LogP) is 2.21. The molecule has 1 aliphatic heterocycles. The fourth-order valence-electron chi connectivity index (χ4n) is 3.01. The second-order valence-corrected chi connectivity index (χ2v) is 5.54. The largest absolute Gasteiger partial charge is 0.493 e. The summed E-state index contributed by atoms with van der Waals surface area (Å²) in [7, 11) is 5.39. The molecular formula is C16H27N3O2. The van der Waals surface area contributed by atoms with Gasteiger partial charge in [0.05, 0.1) is 25.6 Å². The van der Waals surface area contributed by atoms with E-state index in [-0.39, 0.29) is 0 Å². The van der Waals surface area contributed by atoms with Crippen LogP contribution in [-0.4, -0.2) is 51.8 Å². The van der Waals surface area contributed by atoms with Crippen LogP contribution in [0.25, 0.3) is 0 Å². The average molecular weight is 293 g/mol. The van der Waals surface area contributed by atoms with Crippen molar-refractivity contribution in [3.05, 3.63) is 12.1 Å². The molecule has 2 rings (SSSR count). The molecule has 0 aliphatic carbocycles. The van der Waals surface area contributed by atoms with Crippen LogP contribution >= 0.6 is 0 Å². The number of rotatable bonds is 5. The molecule has 1 aliphatic rings. The van der Waals surface area contributed by atoms with Gasteiger partial charge < -0.3 is 25.0 Å². The Kier molecular flexibility index (Phi) is 5.17. The van der Waals surface area contributed by atoms with Crippen LogP contribution in [0.2, 0.25) is 0 Å². The van der Waals surface area contributed by atoms with Gasteiger partial charge in [-0.2, -0.15) is 0 Å². The number of nitrogen functional groups attached to an aromatic ring is 1. The third-order valence-electron chi connectivity index (χ3n) is 4.46. The quantitative estimate of drug-likeness (QED) is 0.844. The molecule has 0 atom stereocenters. The minimum atomic E-state index is 0.521. The molecule has 0 bridgehead atoms. The average Bonchev–Trinajstić information content (AvgIpc) is 2.54. The summed E-state index contributed by atoms with van der Waals surface area (Å²) in [4.78, 5) is 4.77. The van der Waals surface area contributed by atoms with E-state index in [1.165, 1.54) is 0 Å². The van der Waals surface area contributed by atoms with Crippen molar-refractivity contribution >= 4 is 11.4 Å². The molecule has 0 unspecified atom stereocenters. The topological polar surface area (TPSA) is 51.0 Å². The van der Waals surface area contributed by atoms with Gasteiger partial charge in [0.25, 0.3) is 0 Å². The van der Waals surface area contributed by atoms with Gasteiger partial charge in [-0.05, 0) is 19.4 Å². The third kappa shape index (κ3) is 3.35. The molecule has 0 saturated carbocycles. The zero-order valence-corrected chi connectivity index (χ0v) is 13.6. The maximum Gasteiger partial charge on any atom is 0.162 e. The summed E-state index contributed by atoms with van der Waals surface area (Å²) in [6.45, 7) is 5.66. The van der Waals surface area contributed by atoms with Crippen molar-refractivity contribution in [3.8, 4) is 11.5 Å². The zero-order chi connectivity index (χ0) is 15.4.